The van der Waals surface area contributed by atoms with Crippen LogP contribution in [-0.2, 0) is 24.3 Å². The Balaban J connectivity index is 1.58. The molecule has 0 saturated heterocycles. The first-order valence-corrected chi connectivity index (χ1v) is 15.1. The molecule has 2 heterocycles. The van der Waals surface area contributed by atoms with Gasteiger partial charge in [0.1, 0.15) is 23.8 Å². The summed E-state index contributed by atoms with van der Waals surface area (Å²) < 4.78 is 60.4. The molecule has 1 aliphatic rings. The SMILES string of the molecule is COc1ccc(F)cc1-c1ccnc2c1cc(C1=CCC(OCC(=O)OC(C)(C)C)CC1)n2S(=O)(=O)c1ccccc1. The third kappa shape index (κ3) is 6.10. The highest BCUT2D eigenvalue weighted by atomic mass is 32.2. The average molecular weight is 593 g/mol. The van der Waals surface area contributed by atoms with Crippen molar-refractivity contribution in [3.8, 4) is 16.9 Å². The summed E-state index contributed by atoms with van der Waals surface area (Å²) in [6, 6.07) is 15.9. The van der Waals surface area contributed by atoms with E-state index in [2.05, 4.69) is 4.98 Å². The molecule has 1 unspecified atom stereocenters. The molecule has 2 aromatic heterocycles. The van der Waals surface area contributed by atoms with Crippen molar-refractivity contribution in [3.05, 3.63) is 84.4 Å². The molecule has 42 heavy (non-hydrogen) atoms. The maximum atomic E-state index is 14.4. The molecule has 0 fully saturated rings. The van der Waals surface area contributed by atoms with Crippen molar-refractivity contribution in [1.82, 2.24) is 8.96 Å². The monoisotopic (exact) mass is 592 g/mol. The third-order valence-electron chi connectivity index (χ3n) is 6.94. The lowest BCUT2D eigenvalue weighted by Gasteiger charge is -2.24. The van der Waals surface area contributed by atoms with E-state index in [1.54, 1.807) is 63.2 Å². The van der Waals surface area contributed by atoms with E-state index in [1.165, 1.54) is 35.5 Å². The van der Waals surface area contributed by atoms with Gasteiger partial charge in [-0.2, -0.15) is 0 Å². The van der Waals surface area contributed by atoms with E-state index in [1.807, 2.05) is 6.08 Å². The molecule has 4 aromatic rings. The van der Waals surface area contributed by atoms with Crippen molar-refractivity contribution in [2.75, 3.05) is 13.7 Å². The lowest BCUT2D eigenvalue weighted by Crippen LogP contribution is -2.28. The van der Waals surface area contributed by atoms with Crippen molar-refractivity contribution < 1.29 is 31.8 Å². The maximum absolute atomic E-state index is 14.4. The van der Waals surface area contributed by atoms with E-state index < -0.39 is 27.4 Å². The molecule has 0 N–H and O–H groups in total. The predicted molar refractivity (Wildman–Crippen MR) is 158 cm³/mol. The second-order valence-corrected chi connectivity index (χ2v) is 12.9. The molecule has 0 spiro atoms. The largest absolute Gasteiger partial charge is 0.496 e. The Morgan fingerprint density at radius 3 is 2.50 bits per heavy atom. The van der Waals surface area contributed by atoms with Gasteiger partial charge in [-0.1, -0.05) is 24.3 Å². The minimum absolute atomic E-state index is 0.120. The van der Waals surface area contributed by atoms with Crippen LogP contribution in [0.15, 0.2) is 77.8 Å². The minimum atomic E-state index is -4.06. The molecular weight excluding hydrogens is 559 g/mol. The van der Waals surface area contributed by atoms with Crippen molar-refractivity contribution in [2.24, 2.45) is 0 Å². The fourth-order valence-electron chi connectivity index (χ4n) is 5.12. The quantitative estimate of drug-likeness (QED) is 0.219. The van der Waals surface area contributed by atoms with Gasteiger partial charge in [-0.25, -0.2) is 26.6 Å². The molecule has 220 valence electrons. The van der Waals surface area contributed by atoms with Crippen LogP contribution >= 0.6 is 0 Å². The number of fused-ring (bicyclic) bond motifs is 1. The van der Waals surface area contributed by atoms with Gasteiger partial charge in [-0.15, -0.1) is 0 Å². The van der Waals surface area contributed by atoms with Crippen molar-refractivity contribution >= 4 is 32.6 Å². The van der Waals surface area contributed by atoms with Gasteiger partial charge in [0.2, 0.25) is 0 Å². The average Bonchev–Trinajstić information content (AvgIpc) is 3.37. The van der Waals surface area contributed by atoms with Crippen LogP contribution in [0.3, 0.4) is 0 Å². The number of hydrogen-bond acceptors (Lipinski definition) is 7. The Labute approximate surface area is 244 Å². The van der Waals surface area contributed by atoms with Gasteiger partial charge in [0.25, 0.3) is 10.0 Å². The van der Waals surface area contributed by atoms with Gasteiger partial charge in [0.15, 0.2) is 5.65 Å². The summed E-state index contributed by atoms with van der Waals surface area (Å²) in [6.45, 7) is 5.24. The Kier molecular flexibility index (Phi) is 8.21. The molecule has 5 rings (SSSR count). The fourth-order valence-corrected chi connectivity index (χ4v) is 6.63. The van der Waals surface area contributed by atoms with E-state index in [9.17, 15) is 17.6 Å². The highest BCUT2D eigenvalue weighted by molar-refractivity contribution is 7.90. The van der Waals surface area contributed by atoms with E-state index in [-0.39, 0.29) is 23.3 Å². The molecule has 1 aliphatic carbocycles. The number of benzene rings is 2. The van der Waals surface area contributed by atoms with Gasteiger partial charge in [-0.05, 0) is 93.6 Å². The molecule has 2 aromatic carbocycles. The highest BCUT2D eigenvalue weighted by Crippen LogP contribution is 2.40. The maximum Gasteiger partial charge on any atom is 0.332 e. The van der Waals surface area contributed by atoms with Crippen LogP contribution in [0.5, 0.6) is 5.75 Å². The summed E-state index contributed by atoms with van der Waals surface area (Å²) >= 11 is 0. The summed E-state index contributed by atoms with van der Waals surface area (Å²) in [4.78, 5) is 16.7. The number of nitrogens with zero attached hydrogens (tertiary/aromatic N) is 2. The van der Waals surface area contributed by atoms with Crippen LogP contribution in [0, 0.1) is 5.82 Å². The van der Waals surface area contributed by atoms with Crippen LogP contribution in [0.4, 0.5) is 4.39 Å². The zero-order chi connectivity index (χ0) is 30.1. The number of pyridine rings is 1. The lowest BCUT2D eigenvalue weighted by atomic mass is 9.94. The summed E-state index contributed by atoms with van der Waals surface area (Å²) in [6.07, 6.45) is 4.83. The van der Waals surface area contributed by atoms with Crippen molar-refractivity contribution in [2.45, 2.75) is 56.6 Å². The van der Waals surface area contributed by atoms with Crippen LogP contribution in [0.25, 0.3) is 27.7 Å². The van der Waals surface area contributed by atoms with Gasteiger partial charge in [0, 0.05) is 17.1 Å². The standard InChI is InChI=1S/C32H33FN2O6S/c1-32(2,3)41-30(36)20-40-23-13-10-21(11-14-23)28-19-27-25(26-18-22(33)12-15-29(26)39-4)16-17-34-31(27)35(28)42(37,38)24-8-6-5-7-9-24/h5-10,12,15-19,23H,11,13-14,20H2,1-4H3. The van der Waals surface area contributed by atoms with Crippen LogP contribution in [0.1, 0.15) is 45.7 Å². The molecule has 0 aliphatic heterocycles. The Hall–Kier alpha value is -4.02. The number of halogens is 1. The smallest absolute Gasteiger partial charge is 0.332 e. The van der Waals surface area contributed by atoms with Gasteiger partial charge in [0.05, 0.1) is 23.8 Å². The molecule has 8 nitrogen and oxygen atoms in total. The first kappa shape index (κ1) is 29.5. The highest BCUT2D eigenvalue weighted by Gasteiger charge is 2.29. The zero-order valence-corrected chi connectivity index (χ0v) is 24.8. The number of carbonyl (C=O) groups excluding carboxylic acids is 1. The normalized spacial score (nSPS) is 15.8. The Bertz CT molecular complexity index is 1760. The molecule has 1 atom stereocenters. The topological polar surface area (TPSA) is 96.7 Å². The number of rotatable bonds is 8. The number of ether oxygens (including phenoxy) is 3. The number of allylic oxidation sites excluding steroid dienone is 1. The van der Waals surface area contributed by atoms with Gasteiger partial charge in [-0.3, -0.25) is 0 Å². The first-order valence-electron chi connectivity index (χ1n) is 13.7. The minimum Gasteiger partial charge on any atom is -0.496 e. The number of esters is 1. The lowest BCUT2D eigenvalue weighted by molar-refractivity contribution is -0.162. The first-order chi connectivity index (χ1) is 20.0. The fraction of sp³-hybridized carbons (Fsp3) is 0.312. The molecule has 10 heteroatoms. The van der Waals surface area contributed by atoms with E-state index in [0.29, 0.717) is 47.2 Å². The van der Waals surface area contributed by atoms with E-state index in [4.69, 9.17) is 14.2 Å². The van der Waals surface area contributed by atoms with Crippen LogP contribution < -0.4 is 4.74 Å². The molecule has 0 radical (unpaired) electrons. The van der Waals surface area contributed by atoms with E-state index >= 15 is 0 Å². The number of aromatic nitrogens is 2. The summed E-state index contributed by atoms with van der Waals surface area (Å²) in [7, 11) is -2.56. The zero-order valence-electron chi connectivity index (χ0n) is 24.0. The van der Waals surface area contributed by atoms with Gasteiger partial charge < -0.3 is 14.2 Å². The summed E-state index contributed by atoms with van der Waals surface area (Å²) in [5.74, 6) is -0.427. The number of hydrogen-bond donors (Lipinski definition) is 0. The van der Waals surface area contributed by atoms with Crippen molar-refractivity contribution in [1.29, 1.82) is 0 Å². The molecular formula is C32H33FN2O6S. The Morgan fingerprint density at radius 2 is 1.83 bits per heavy atom. The number of methoxy groups -OCH3 is 1. The molecule has 0 amide bonds. The van der Waals surface area contributed by atoms with Gasteiger partial charge >= 0.3 is 5.97 Å². The third-order valence-corrected chi connectivity index (χ3v) is 8.66. The second-order valence-electron chi connectivity index (χ2n) is 11.1. The second kappa shape index (κ2) is 11.7. The summed E-state index contributed by atoms with van der Waals surface area (Å²) in [5, 5.41) is 0.542. The summed E-state index contributed by atoms with van der Waals surface area (Å²) in [5.41, 5.74) is 1.98. The number of carbonyl (C=O) groups is 1. The van der Waals surface area contributed by atoms with Crippen molar-refractivity contribution in [3.63, 3.8) is 0 Å². The van der Waals surface area contributed by atoms with E-state index in [0.717, 1.165) is 5.57 Å². The molecule has 0 bridgehead atoms. The van der Waals surface area contributed by atoms with Crippen LogP contribution in [-0.4, -0.2) is 48.8 Å². The Morgan fingerprint density at radius 1 is 1.07 bits per heavy atom. The predicted octanol–water partition coefficient (Wildman–Crippen LogP) is 6.38. The molecule has 0 saturated carbocycles. The van der Waals surface area contributed by atoms with Crippen LogP contribution in [0.2, 0.25) is 0 Å².